The maximum Gasteiger partial charge on any atom is 0.469 e. The number of carbonyl (C=O) groups is 1. The molecule has 0 aliphatic rings. The molecule has 0 radical (unpaired) electrons. The van der Waals surface area contributed by atoms with Gasteiger partial charge < -0.3 is 30.5 Å². The highest BCUT2D eigenvalue weighted by atomic mass is 31.2. The van der Waals surface area contributed by atoms with Crippen molar-refractivity contribution in [2.75, 3.05) is 6.61 Å². The lowest BCUT2D eigenvalue weighted by molar-refractivity contribution is -0.309. The van der Waals surface area contributed by atoms with Crippen LogP contribution in [0.3, 0.4) is 0 Å². The summed E-state index contributed by atoms with van der Waals surface area (Å²) in [4.78, 5) is 26.3. The Kier molecular flexibility index (Phi) is 4.48. The number of rotatable bonds is 5. The summed E-state index contributed by atoms with van der Waals surface area (Å²) < 4.78 is 13.9. The van der Waals surface area contributed by atoms with E-state index in [1.807, 2.05) is 0 Å². The first-order chi connectivity index (χ1) is 5.74. The number of aliphatic hydroxyl groups excluding tert-OH is 1. The van der Waals surface area contributed by atoms with Gasteiger partial charge in [-0.05, 0) is 0 Å². The first-order valence-corrected chi connectivity index (χ1v) is 4.61. The highest BCUT2D eigenvalue weighted by molar-refractivity contribution is 7.46. The number of aliphatic hydroxyl groups is 1. The van der Waals surface area contributed by atoms with Crippen molar-refractivity contribution in [3.63, 3.8) is 0 Å². The molecule has 78 valence electrons. The zero-order valence-corrected chi connectivity index (χ0v) is 7.26. The van der Waals surface area contributed by atoms with Crippen LogP contribution < -0.4 is 10.8 Å². The molecule has 0 fully saturated rings. The highest BCUT2D eigenvalue weighted by Crippen LogP contribution is 2.35. The van der Waals surface area contributed by atoms with E-state index in [-0.39, 0.29) is 0 Å². The number of nitrogens with two attached hydrogens (primary N) is 1. The lowest BCUT2D eigenvalue weighted by atomic mass is 10.2. The molecule has 0 saturated carbocycles. The SMILES string of the molecule is NC(C(=O)[O-])C(O)COP(=O)(O)O. The molecule has 5 N–H and O–H groups in total. The van der Waals surface area contributed by atoms with Gasteiger partial charge in [-0.1, -0.05) is 0 Å². The molecule has 0 rings (SSSR count). The summed E-state index contributed by atoms with van der Waals surface area (Å²) in [7, 11) is -4.72. The van der Waals surface area contributed by atoms with E-state index in [2.05, 4.69) is 4.52 Å². The maximum absolute atomic E-state index is 10.1. The molecule has 0 heterocycles. The van der Waals surface area contributed by atoms with Gasteiger partial charge in [0.1, 0.15) is 0 Å². The molecule has 0 amide bonds. The Labute approximate surface area is 73.2 Å². The van der Waals surface area contributed by atoms with E-state index in [1.54, 1.807) is 0 Å². The molecule has 8 nitrogen and oxygen atoms in total. The van der Waals surface area contributed by atoms with Crippen molar-refractivity contribution < 1.29 is 33.9 Å². The van der Waals surface area contributed by atoms with Crippen molar-refractivity contribution in [1.82, 2.24) is 0 Å². The van der Waals surface area contributed by atoms with Gasteiger partial charge in [-0.3, -0.25) is 4.52 Å². The normalized spacial score (nSPS) is 16.6. The van der Waals surface area contributed by atoms with Gasteiger partial charge in [-0.25, -0.2) is 4.57 Å². The third-order valence-electron chi connectivity index (χ3n) is 1.10. The van der Waals surface area contributed by atoms with Gasteiger partial charge in [0, 0.05) is 0 Å². The first-order valence-electron chi connectivity index (χ1n) is 3.08. The number of hydrogen-bond donors (Lipinski definition) is 4. The second kappa shape index (κ2) is 4.66. The molecule has 0 saturated heterocycles. The van der Waals surface area contributed by atoms with Gasteiger partial charge >= 0.3 is 7.82 Å². The third-order valence-corrected chi connectivity index (χ3v) is 1.59. The minimum absolute atomic E-state index is 0.876. The fourth-order valence-electron chi connectivity index (χ4n) is 0.434. The molecule has 2 unspecified atom stereocenters. The molecule has 9 heteroatoms. The number of aliphatic carboxylic acids is 1. The van der Waals surface area contributed by atoms with Gasteiger partial charge in [0.25, 0.3) is 0 Å². The third kappa shape index (κ3) is 5.69. The van der Waals surface area contributed by atoms with Gasteiger partial charge in [0.2, 0.25) is 0 Å². The smallest absolute Gasteiger partial charge is 0.469 e. The minimum Gasteiger partial charge on any atom is -0.548 e. The van der Waals surface area contributed by atoms with Crippen LogP contribution in [0, 0.1) is 0 Å². The Morgan fingerprint density at radius 1 is 1.62 bits per heavy atom. The summed E-state index contributed by atoms with van der Waals surface area (Å²) in [6.07, 6.45) is -1.72. The number of carbonyl (C=O) groups excluding carboxylic acids is 1. The summed E-state index contributed by atoms with van der Waals surface area (Å²) in [5.74, 6) is -1.73. The molecule has 13 heavy (non-hydrogen) atoms. The number of hydrogen-bond acceptors (Lipinski definition) is 6. The van der Waals surface area contributed by atoms with Crippen LogP contribution in [0.5, 0.6) is 0 Å². The largest absolute Gasteiger partial charge is 0.548 e. The minimum atomic E-state index is -4.72. The summed E-state index contributed by atoms with van der Waals surface area (Å²) in [5, 5.41) is 18.9. The van der Waals surface area contributed by atoms with E-state index in [1.165, 1.54) is 0 Å². The topological polar surface area (TPSA) is 153 Å². The van der Waals surface area contributed by atoms with Gasteiger partial charge in [-0.15, -0.1) is 0 Å². The number of carboxylic acid groups (broad SMARTS) is 1. The van der Waals surface area contributed by atoms with Crippen LogP contribution in [0.25, 0.3) is 0 Å². The lowest BCUT2D eigenvalue weighted by Gasteiger charge is -2.19. The molecule has 0 aromatic heterocycles. The lowest BCUT2D eigenvalue weighted by Crippen LogP contribution is -2.51. The number of phosphoric acid groups is 1. The van der Waals surface area contributed by atoms with Crippen molar-refractivity contribution in [2.24, 2.45) is 5.73 Å². The molecule has 0 aliphatic heterocycles. The monoisotopic (exact) mass is 214 g/mol. The fourth-order valence-corrected chi connectivity index (χ4v) is 0.781. The van der Waals surface area contributed by atoms with E-state index in [9.17, 15) is 14.5 Å². The molecular formula is C4H9NO7P-. The van der Waals surface area contributed by atoms with E-state index in [0.29, 0.717) is 0 Å². The van der Waals surface area contributed by atoms with Crippen LogP contribution in [0.1, 0.15) is 0 Å². The average Bonchev–Trinajstić information content (AvgIpc) is 1.97. The van der Waals surface area contributed by atoms with Crippen LogP contribution in [-0.4, -0.2) is 39.6 Å². The predicted octanol–water partition coefficient (Wildman–Crippen LogP) is -3.47. The van der Waals surface area contributed by atoms with Crippen LogP contribution in [0.15, 0.2) is 0 Å². The van der Waals surface area contributed by atoms with E-state index >= 15 is 0 Å². The van der Waals surface area contributed by atoms with Gasteiger partial charge in [-0.2, -0.15) is 0 Å². The summed E-state index contributed by atoms with van der Waals surface area (Å²) >= 11 is 0. The van der Waals surface area contributed by atoms with Crippen molar-refractivity contribution in [1.29, 1.82) is 0 Å². The number of carboxylic acids is 1. The van der Waals surface area contributed by atoms with E-state index < -0.39 is 32.5 Å². The molecular weight excluding hydrogens is 205 g/mol. The quantitative estimate of drug-likeness (QED) is 0.344. The summed E-state index contributed by atoms with van der Waals surface area (Å²) in [6, 6.07) is -1.74. The van der Waals surface area contributed by atoms with E-state index in [0.717, 1.165) is 0 Å². The zero-order chi connectivity index (χ0) is 10.6. The zero-order valence-electron chi connectivity index (χ0n) is 6.36. The van der Waals surface area contributed by atoms with Crippen molar-refractivity contribution in [3.8, 4) is 0 Å². The molecule has 0 spiro atoms. The van der Waals surface area contributed by atoms with Gasteiger partial charge in [0.05, 0.1) is 24.7 Å². The Bertz CT molecular complexity index is 225. The predicted molar refractivity (Wildman–Crippen MR) is 37.0 cm³/mol. The maximum atomic E-state index is 10.1. The Morgan fingerprint density at radius 3 is 2.38 bits per heavy atom. The van der Waals surface area contributed by atoms with Crippen molar-refractivity contribution >= 4 is 13.8 Å². The van der Waals surface area contributed by atoms with Crippen molar-refractivity contribution in [2.45, 2.75) is 12.1 Å². The Balaban J connectivity index is 3.95. The molecule has 0 aliphatic carbocycles. The second-order valence-electron chi connectivity index (χ2n) is 2.20. The van der Waals surface area contributed by atoms with Crippen LogP contribution >= 0.6 is 7.82 Å². The molecule has 0 aromatic rings. The molecule has 0 bridgehead atoms. The Hall–Kier alpha value is -0.500. The summed E-state index contributed by atoms with van der Waals surface area (Å²) in [6.45, 7) is -0.876. The standard InChI is InChI=1S/C4H10NO7P/c5-3(4(7)8)2(6)1-12-13(9,10)11/h2-3,6H,1,5H2,(H,7,8)(H2,9,10,11)/p-1. The van der Waals surface area contributed by atoms with Gasteiger partial charge in [0.15, 0.2) is 0 Å². The van der Waals surface area contributed by atoms with Crippen LogP contribution in [-0.2, 0) is 13.9 Å². The first kappa shape index (κ1) is 12.5. The fraction of sp³-hybridized carbons (Fsp3) is 0.750. The second-order valence-corrected chi connectivity index (χ2v) is 3.44. The highest BCUT2D eigenvalue weighted by Gasteiger charge is 2.21. The van der Waals surface area contributed by atoms with Crippen LogP contribution in [0.4, 0.5) is 0 Å². The van der Waals surface area contributed by atoms with Crippen LogP contribution in [0.2, 0.25) is 0 Å². The molecule has 0 aromatic carbocycles. The summed E-state index contributed by atoms with van der Waals surface area (Å²) in [5.41, 5.74) is 4.84. The number of phosphoric ester groups is 1. The molecule has 2 atom stereocenters. The average molecular weight is 214 g/mol. The van der Waals surface area contributed by atoms with E-state index in [4.69, 9.17) is 20.6 Å². The van der Waals surface area contributed by atoms with Crippen molar-refractivity contribution in [3.05, 3.63) is 0 Å². The Morgan fingerprint density at radius 2 is 2.08 bits per heavy atom.